The molecule has 2 atom stereocenters. The van der Waals surface area contributed by atoms with E-state index in [1.807, 2.05) is 0 Å². The Morgan fingerprint density at radius 2 is 1.40 bits per heavy atom. The molecule has 0 saturated heterocycles. The molecule has 4 rings (SSSR count). The molecule has 0 saturated carbocycles. The number of nitrogens with two attached hydrogens (primary N) is 1. The van der Waals surface area contributed by atoms with Crippen molar-refractivity contribution in [3.8, 4) is 22.6 Å². The van der Waals surface area contributed by atoms with Gasteiger partial charge in [0.15, 0.2) is 11.9 Å². The fourth-order valence-corrected chi connectivity index (χ4v) is 7.08. The van der Waals surface area contributed by atoms with E-state index < -0.39 is 109 Å². The van der Waals surface area contributed by atoms with Crippen LogP contribution in [0.1, 0.15) is 94.1 Å². The number of halogens is 11. The zero-order valence-corrected chi connectivity index (χ0v) is 36.8. The van der Waals surface area contributed by atoms with Gasteiger partial charge in [0.1, 0.15) is 29.7 Å². The van der Waals surface area contributed by atoms with Gasteiger partial charge >= 0.3 is 38.5 Å². The summed E-state index contributed by atoms with van der Waals surface area (Å²) in [5.41, 5.74) is -5.12. The van der Waals surface area contributed by atoms with Crippen molar-refractivity contribution in [1.29, 1.82) is 0 Å². The number of phosphoric ester groups is 1. The lowest BCUT2D eigenvalue weighted by Gasteiger charge is -2.25. The lowest BCUT2D eigenvalue weighted by molar-refractivity contribution is -0.708. The molecule has 0 unspecified atom stereocenters. The summed E-state index contributed by atoms with van der Waals surface area (Å²) in [6, 6.07) is 6.71. The van der Waals surface area contributed by atoms with E-state index in [1.165, 1.54) is 44.5 Å². The monoisotopic (exact) mass is 977 g/mol. The van der Waals surface area contributed by atoms with Crippen molar-refractivity contribution in [2.75, 3.05) is 20.8 Å². The maximum absolute atomic E-state index is 15.0. The van der Waals surface area contributed by atoms with Gasteiger partial charge in [-0.25, -0.2) is 18.5 Å². The lowest BCUT2D eigenvalue weighted by Crippen LogP contribution is -3.00. The number of quaternary nitrogens is 1. The van der Waals surface area contributed by atoms with E-state index in [9.17, 15) is 58.1 Å². The third kappa shape index (κ3) is 14.5. The van der Waals surface area contributed by atoms with Crippen LogP contribution in [0.15, 0.2) is 60.7 Å². The molecule has 0 aromatic heterocycles. The first-order chi connectivity index (χ1) is 29.5. The molecule has 0 aliphatic heterocycles. The van der Waals surface area contributed by atoms with Gasteiger partial charge in [0, 0.05) is 17.2 Å². The first-order valence-corrected chi connectivity index (χ1v) is 20.6. The summed E-state index contributed by atoms with van der Waals surface area (Å²) in [7, 11) is -2.60. The second kappa shape index (κ2) is 21.6. The van der Waals surface area contributed by atoms with Crippen molar-refractivity contribution in [2.45, 2.75) is 83.7 Å². The normalized spacial score (nSPS) is 13.2. The fraction of sp³-hybridized carbons (Fsp3) is 0.381. The van der Waals surface area contributed by atoms with Crippen molar-refractivity contribution in [1.82, 2.24) is 0 Å². The molecule has 0 heterocycles. The van der Waals surface area contributed by atoms with Crippen molar-refractivity contribution in [2.24, 2.45) is 0 Å². The number of rotatable bonds is 16. The van der Waals surface area contributed by atoms with Gasteiger partial charge < -0.3 is 46.5 Å². The highest BCUT2D eigenvalue weighted by Crippen LogP contribution is 2.41. The molecule has 0 spiro atoms. The minimum Gasteiger partial charge on any atom is -1.00 e. The molecule has 11 nitrogen and oxygen atoms in total. The standard InChI is InChI=1S/C42H42F10NO10P.ClH/c1-21(2)31-18-32(35(59-5)19-34(31)43)30-10-9-27(40(44,45)46)16-26(30)20-53-23(4)37(25-14-28(41(47,48)49)17-29(15-25)42(50,51)52)63-39(55)62-36-22(3)12-24(13-33(36)38(54)60-6)8-7-11-61-64(56,57)58;/h9-10,12-19,21,23,37,53H,7-8,11,20H2,1-6H3,(H2,56,57,58);1H/t23-,37-;/m0./s1. The first-order valence-electron chi connectivity index (χ1n) is 19.0. The summed E-state index contributed by atoms with van der Waals surface area (Å²) >= 11 is 0. The Balaban J connectivity index is 0.0000112. The van der Waals surface area contributed by atoms with Gasteiger partial charge in [-0.15, -0.1) is 0 Å². The molecular formula is C42H43ClF10NO10P. The molecule has 358 valence electrons. The quantitative estimate of drug-likeness (QED) is 0.0345. The number of carbonyl (C=O) groups is 2. The van der Waals surface area contributed by atoms with Crippen LogP contribution in [0.5, 0.6) is 11.5 Å². The average Bonchev–Trinajstić information content (AvgIpc) is 3.19. The maximum Gasteiger partial charge on any atom is 0.514 e. The van der Waals surface area contributed by atoms with Gasteiger partial charge in [0.05, 0.1) is 37.5 Å². The van der Waals surface area contributed by atoms with Crippen LogP contribution in [-0.2, 0) is 50.1 Å². The number of ether oxygens (including phenoxy) is 4. The summed E-state index contributed by atoms with van der Waals surface area (Å²) in [6.45, 7) is 5.04. The minimum absolute atomic E-state index is 0. The van der Waals surface area contributed by atoms with Gasteiger partial charge in [-0.2, -0.15) is 39.5 Å². The minimum atomic E-state index is -5.35. The van der Waals surface area contributed by atoms with E-state index in [0.29, 0.717) is 17.7 Å². The highest BCUT2D eigenvalue weighted by molar-refractivity contribution is 7.46. The molecule has 0 fully saturated rings. The Kier molecular flexibility index (Phi) is 18.1. The Morgan fingerprint density at radius 1 is 0.800 bits per heavy atom. The third-order valence-corrected chi connectivity index (χ3v) is 10.3. The zero-order valence-electron chi connectivity index (χ0n) is 35.2. The van der Waals surface area contributed by atoms with E-state index in [4.69, 9.17) is 28.7 Å². The summed E-state index contributed by atoms with van der Waals surface area (Å²) in [5, 5.41) is 1.19. The largest absolute Gasteiger partial charge is 1.00 e. The first kappa shape index (κ1) is 54.4. The van der Waals surface area contributed by atoms with Crippen LogP contribution in [0.25, 0.3) is 11.1 Å². The van der Waals surface area contributed by atoms with Crippen LogP contribution in [0, 0.1) is 12.7 Å². The topological polar surface area (TPSA) is 154 Å². The number of methoxy groups -OCH3 is 2. The lowest BCUT2D eigenvalue weighted by atomic mass is 9.92. The van der Waals surface area contributed by atoms with Crippen molar-refractivity contribution in [3.05, 3.63) is 117 Å². The summed E-state index contributed by atoms with van der Waals surface area (Å²) < 4.78 is 178. The van der Waals surface area contributed by atoms with Crippen LogP contribution in [0.4, 0.5) is 48.7 Å². The predicted molar refractivity (Wildman–Crippen MR) is 208 cm³/mol. The van der Waals surface area contributed by atoms with E-state index in [2.05, 4.69) is 4.52 Å². The molecule has 65 heavy (non-hydrogen) atoms. The summed E-state index contributed by atoms with van der Waals surface area (Å²) in [4.78, 5) is 44.3. The molecule has 4 aromatic rings. The second-order valence-corrected chi connectivity index (χ2v) is 16.1. The molecule has 23 heteroatoms. The average molecular weight is 978 g/mol. The molecule has 0 radical (unpaired) electrons. The number of phosphoric acid groups is 1. The third-order valence-electron chi connectivity index (χ3n) is 9.81. The highest BCUT2D eigenvalue weighted by Gasteiger charge is 2.40. The molecule has 0 bridgehead atoms. The molecule has 0 aliphatic carbocycles. The molecule has 4 aromatic carbocycles. The Bertz CT molecular complexity index is 2350. The fourth-order valence-electron chi connectivity index (χ4n) is 6.71. The number of aryl methyl sites for hydroxylation is 2. The molecule has 0 aliphatic rings. The number of alkyl halides is 9. The van der Waals surface area contributed by atoms with Crippen LogP contribution in [0.3, 0.4) is 0 Å². The Morgan fingerprint density at radius 3 is 1.92 bits per heavy atom. The number of hydrogen-bond acceptors (Lipinski definition) is 8. The number of benzene rings is 4. The summed E-state index contributed by atoms with van der Waals surface area (Å²) in [5.74, 6) is -2.68. The van der Waals surface area contributed by atoms with Crippen LogP contribution in [-0.4, -0.2) is 48.8 Å². The molecular weight excluding hydrogens is 935 g/mol. The SMILES string of the molecule is COC(=O)c1cc(CCCOP(=O)(O)O)cc(C)c1OC(=O)O[C@H](c1cc(C(F)(F)F)cc(C(F)(F)F)c1)[C@H](C)[NH2+]Cc1cc(C(F)(F)F)ccc1-c1cc(C(C)C)c(F)cc1OC.[Cl-]. The van der Waals surface area contributed by atoms with Gasteiger partial charge in [-0.05, 0) is 103 Å². The smallest absolute Gasteiger partial charge is 0.514 e. The van der Waals surface area contributed by atoms with Crippen LogP contribution >= 0.6 is 7.82 Å². The predicted octanol–water partition coefficient (Wildman–Crippen LogP) is 7.23. The van der Waals surface area contributed by atoms with Crippen molar-refractivity contribution in [3.63, 3.8) is 0 Å². The van der Waals surface area contributed by atoms with E-state index >= 15 is 0 Å². The number of esters is 1. The van der Waals surface area contributed by atoms with Gasteiger partial charge in [0.2, 0.25) is 0 Å². The van der Waals surface area contributed by atoms with Gasteiger partial charge in [-0.3, -0.25) is 4.52 Å². The summed E-state index contributed by atoms with van der Waals surface area (Å²) in [6.07, 6.45) is -19.3. The zero-order chi connectivity index (χ0) is 48.1. The highest BCUT2D eigenvalue weighted by atomic mass is 35.5. The Labute approximate surface area is 372 Å². The number of carbonyl (C=O) groups excluding carboxylic acids is 2. The van der Waals surface area contributed by atoms with E-state index in [0.717, 1.165) is 31.4 Å². The van der Waals surface area contributed by atoms with Crippen LogP contribution in [0.2, 0.25) is 0 Å². The maximum atomic E-state index is 15.0. The Hall–Kier alpha value is -4.92. The molecule has 0 amide bonds. The van der Waals surface area contributed by atoms with E-state index in [-0.39, 0.29) is 64.9 Å². The van der Waals surface area contributed by atoms with Crippen molar-refractivity contribution < 1.29 is 109 Å². The van der Waals surface area contributed by atoms with Gasteiger partial charge in [-0.1, -0.05) is 26.0 Å². The van der Waals surface area contributed by atoms with E-state index in [1.54, 1.807) is 13.8 Å². The molecule has 4 N–H and O–H groups in total. The second-order valence-electron chi connectivity index (χ2n) is 14.8. The number of hydrogen-bond donors (Lipinski definition) is 3. The van der Waals surface area contributed by atoms with Crippen molar-refractivity contribution >= 4 is 19.9 Å². The van der Waals surface area contributed by atoms with Crippen LogP contribution < -0.4 is 27.2 Å². The van der Waals surface area contributed by atoms with Gasteiger partial charge in [0.25, 0.3) is 0 Å².